The predicted molar refractivity (Wildman–Crippen MR) is 143 cm³/mol. The highest BCUT2D eigenvalue weighted by Gasteiger charge is 2.26. The van der Waals surface area contributed by atoms with Crippen molar-refractivity contribution in [2.24, 2.45) is 5.92 Å². The van der Waals surface area contributed by atoms with Crippen LogP contribution in [-0.2, 0) is 16.1 Å². The van der Waals surface area contributed by atoms with Crippen LogP contribution in [0.3, 0.4) is 0 Å². The number of hydrogen-bond donors (Lipinski definition) is 3. The third kappa shape index (κ3) is 7.14. The van der Waals surface area contributed by atoms with Crippen molar-refractivity contribution in [3.8, 4) is 5.75 Å². The van der Waals surface area contributed by atoms with Gasteiger partial charge in [0, 0.05) is 43.2 Å². The number of hydrogen-bond acceptors (Lipinski definition) is 6. The molecule has 0 radical (unpaired) electrons. The molecule has 3 aromatic rings. The summed E-state index contributed by atoms with van der Waals surface area (Å²) in [5, 5.41) is 8.50. The summed E-state index contributed by atoms with van der Waals surface area (Å²) in [5.74, 6) is -0.244. The number of ether oxygens (including phenoxy) is 1. The highest BCUT2D eigenvalue weighted by molar-refractivity contribution is 6.11. The lowest BCUT2D eigenvalue weighted by atomic mass is 9.95. The average Bonchev–Trinajstić information content (AvgIpc) is 2.90. The van der Waals surface area contributed by atoms with Crippen LogP contribution in [0, 0.1) is 5.92 Å². The van der Waals surface area contributed by atoms with Gasteiger partial charge >= 0.3 is 0 Å². The molecule has 9 heteroatoms. The number of pyridine rings is 1. The lowest BCUT2D eigenvalue weighted by Crippen LogP contribution is -2.38. The van der Waals surface area contributed by atoms with Gasteiger partial charge in [0.05, 0.1) is 18.4 Å². The molecule has 1 aliphatic heterocycles. The van der Waals surface area contributed by atoms with Gasteiger partial charge in [0.25, 0.3) is 5.91 Å². The predicted octanol–water partition coefficient (Wildman–Crippen LogP) is 4.15. The van der Waals surface area contributed by atoms with Crippen molar-refractivity contribution < 1.29 is 19.1 Å². The summed E-state index contributed by atoms with van der Waals surface area (Å²) in [5.41, 5.74) is 2.93. The molecular weight excluding hydrogens is 470 g/mol. The van der Waals surface area contributed by atoms with Crippen LogP contribution in [0.25, 0.3) is 0 Å². The van der Waals surface area contributed by atoms with Gasteiger partial charge in [-0.2, -0.15) is 0 Å². The number of methoxy groups -OCH3 is 1. The second-order valence-electron chi connectivity index (χ2n) is 9.02. The second-order valence-corrected chi connectivity index (χ2v) is 9.02. The molecule has 2 heterocycles. The van der Waals surface area contributed by atoms with Gasteiger partial charge in [-0.05, 0) is 86.1 Å². The Morgan fingerprint density at radius 1 is 0.919 bits per heavy atom. The summed E-state index contributed by atoms with van der Waals surface area (Å²) in [6, 6.07) is 15.8. The Balaban J connectivity index is 1.44. The molecule has 4 rings (SSSR count). The van der Waals surface area contributed by atoms with Crippen molar-refractivity contribution in [3.05, 3.63) is 78.1 Å². The third-order valence-corrected chi connectivity index (χ3v) is 6.30. The highest BCUT2D eigenvalue weighted by atomic mass is 16.5. The molecule has 0 aliphatic carbocycles. The molecule has 0 atom stereocenters. The molecule has 0 unspecified atom stereocenters. The molecule has 0 bridgehead atoms. The number of likely N-dealkylation sites (tertiary alicyclic amines) is 1. The minimum Gasteiger partial charge on any atom is -0.497 e. The van der Waals surface area contributed by atoms with E-state index in [2.05, 4.69) is 25.8 Å². The van der Waals surface area contributed by atoms with Crippen LogP contribution < -0.4 is 20.7 Å². The van der Waals surface area contributed by atoms with Crippen LogP contribution in [-0.4, -0.2) is 47.8 Å². The normalized spacial score (nSPS) is 14.0. The maximum absolute atomic E-state index is 13.2. The van der Waals surface area contributed by atoms with Crippen molar-refractivity contribution in [2.75, 3.05) is 36.1 Å². The first-order valence-electron chi connectivity index (χ1n) is 12.2. The Bertz CT molecular complexity index is 1240. The molecule has 192 valence electrons. The number of amides is 3. The van der Waals surface area contributed by atoms with Crippen LogP contribution >= 0.6 is 0 Å². The Labute approximate surface area is 216 Å². The fourth-order valence-electron chi connectivity index (χ4n) is 4.33. The summed E-state index contributed by atoms with van der Waals surface area (Å²) < 4.78 is 5.16. The van der Waals surface area contributed by atoms with Crippen LogP contribution in [0.15, 0.2) is 67.0 Å². The first-order chi connectivity index (χ1) is 17.9. The van der Waals surface area contributed by atoms with E-state index in [4.69, 9.17) is 4.74 Å². The van der Waals surface area contributed by atoms with Gasteiger partial charge in [0.2, 0.25) is 11.8 Å². The molecular formula is C28H31N5O4. The van der Waals surface area contributed by atoms with E-state index in [1.54, 1.807) is 62.0 Å². The smallest absolute Gasteiger partial charge is 0.257 e. The van der Waals surface area contributed by atoms with Gasteiger partial charge in [-0.25, -0.2) is 0 Å². The van der Waals surface area contributed by atoms with Crippen LogP contribution in [0.4, 0.5) is 17.1 Å². The van der Waals surface area contributed by atoms with Crippen molar-refractivity contribution in [1.29, 1.82) is 0 Å². The minimum atomic E-state index is -0.373. The molecule has 3 amide bonds. The molecule has 1 fully saturated rings. The van der Waals surface area contributed by atoms with Gasteiger partial charge in [-0.1, -0.05) is 0 Å². The molecule has 1 aromatic heterocycles. The maximum atomic E-state index is 13.2. The number of carbonyl (C=O) groups is 3. The van der Waals surface area contributed by atoms with Crippen molar-refractivity contribution in [3.63, 3.8) is 0 Å². The number of anilines is 3. The zero-order chi connectivity index (χ0) is 26.2. The van der Waals surface area contributed by atoms with Gasteiger partial charge in [0.1, 0.15) is 5.75 Å². The van der Waals surface area contributed by atoms with E-state index in [9.17, 15) is 14.4 Å². The lowest BCUT2D eigenvalue weighted by Gasteiger charge is -2.31. The number of carbonyl (C=O) groups excluding carboxylic acids is 3. The molecule has 0 saturated carbocycles. The van der Waals surface area contributed by atoms with E-state index in [1.165, 1.54) is 12.5 Å². The van der Waals surface area contributed by atoms with Crippen LogP contribution in [0.2, 0.25) is 0 Å². The SMILES string of the molecule is COc1ccc(NC(=O)c2ccc(NC(C)=O)cc2NC(=O)C2CCN(Cc3ccncc3)CC2)cc1. The van der Waals surface area contributed by atoms with Crippen molar-refractivity contribution in [1.82, 2.24) is 9.88 Å². The molecule has 0 spiro atoms. The Kier molecular flexibility index (Phi) is 8.48. The van der Waals surface area contributed by atoms with Crippen LogP contribution in [0.5, 0.6) is 5.75 Å². The van der Waals surface area contributed by atoms with E-state index in [-0.39, 0.29) is 23.6 Å². The molecule has 3 N–H and O–H groups in total. The van der Waals surface area contributed by atoms with E-state index in [0.717, 1.165) is 32.5 Å². The van der Waals surface area contributed by atoms with Crippen molar-refractivity contribution in [2.45, 2.75) is 26.3 Å². The minimum absolute atomic E-state index is 0.137. The number of aromatic nitrogens is 1. The van der Waals surface area contributed by atoms with Crippen LogP contribution in [0.1, 0.15) is 35.7 Å². The summed E-state index contributed by atoms with van der Waals surface area (Å²) >= 11 is 0. The second kappa shape index (κ2) is 12.1. The van der Waals surface area contributed by atoms with E-state index in [1.807, 2.05) is 12.1 Å². The number of nitrogens with zero attached hydrogens (tertiary/aromatic N) is 2. The highest BCUT2D eigenvalue weighted by Crippen LogP contribution is 2.26. The summed E-state index contributed by atoms with van der Waals surface area (Å²) in [6.07, 6.45) is 5.01. The molecule has 1 aliphatic rings. The summed E-state index contributed by atoms with van der Waals surface area (Å²) in [7, 11) is 1.57. The summed E-state index contributed by atoms with van der Waals surface area (Å²) in [6.45, 7) is 3.84. The Morgan fingerprint density at radius 2 is 1.59 bits per heavy atom. The molecule has 37 heavy (non-hydrogen) atoms. The average molecular weight is 502 g/mol. The first kappa shape index (κ1) is 25.8. The molecule has 1 saturated heterocycles. The van der Waals surface area contributed by atoms with Crippen molar-refractivity contribution >= 4 is 34.8 Å². The summed E-state index contributed by atoms with van der Waals surface area (Å²) in [4.78, 5) is 44.3. The number of rotatable bonds is 8. The Morgan fingerprint density at radius 3 is 2.24 bits per heavy atom. The standard InChI is InChI=1S/C28H31N5O4/c1-19(34)30-23-5-8-25(28(36)31-22-3-6-24(37-2)7-4-22)26(17-23)32-27(35)21-11-15-33(16-12-21)18-20-9-13-29-14-10-20/h3-10,13-14,17,21H,11-12,15-16,18H2,1-2H3,(H,30,34)(H,31,36)(H,32,35). The number of piperidine rings is 1. The zero-order valence-electron chi connectivity index (χ0n) is 21.0. The maximum Gasteiger partial charge on any atom is 0.257 e. The van der Waals surface area contributed by atoms with E-state index >= 15 is 0 Å². The third-order valence-electron chi connectivity index (χ3n) is 6.30. The fraction of sp³-hybridized carbons (Fsp3) is 0.286. The topological polar surface area (TPSA) is 113 Å². The van der Waals surface area contributed by atoms with Gasteiger partial charge in [-0.3, -0.25) is 24.3 Å². The van der Waals surface area contributed by atoms with E-state index in [0.29, 0.717) is 28.4 Å². The largest absolute Gasteiger partial charge is 0.497 e. The van der Waals surface area contributed by atoms with E-state index < -0.39 is 0 Å². The number of benzene rings is 2. The number of nitrogens with one attached hydrogen (secondary N) is 3. The lowest BCUT2D eigenvalue weighted by molar-refractivity contribution is -0.121. The zero-order valence-corrected chi connectivity index (χ0v) is 21.0. The van der Waals surface area contributed by atoms with Gasteiger partial charge < -0.3 is 20.7 Å². The quantitative estimate of drug-likeness (QED) is 0.427. The molecule has 2 aromatic carbocycles. The Hall–Kier alpha value is -4.24. The van der Waals surface area contributed by atoms with Gasteiger partial charge in [0.15, 0.2) is 0 Å². The first-order valence-corrected chi connectivity index (χ1v) is 12.2. The fourth-order valence-corrected chi connectivity index (χ4v) is 4.33. The molecule has 9 nitrogen and oxygen atoms in total. The van der Waals surface area contributed by atoms with Gasteiger partial charge in [-0.15, -0.1) is 0 Å². The monoisotopic (exact) mass is 501 g/mol.